The third-order valence-electron chi connectivity index (χ3n) is 5.58. The number of carbonyl (C=O) groups excluding carboxylic acids is 1. The molecule has 0 spiro atoms. The molecular weight excluding hydrogens is 478 g/mol. The highest BCUT2D eigenvalue weighted by atomic mass is 35.5. The highest BCUT2D eigenvalue weighted by molar-refractivity contribution is 6.31. The van der Waals surface area contributed by atoms with Crippen LogP contribution in [0, 0.1) is 11.6 Å². The van der Waals surface area contributed by atoms with Crippen LogP contribution in [0.5, 0.6) is 0 Å². The quantitative estimate of drug-likeness (QED) is 0.407. The molecule has 5 rings (SSSR count). The maximum absolute atomic E-state index is 14.7. The van der Waals surface area contributed by atoms with Gasteiger partial charge in [0.2, 0.25) is 0 Å². The van der Waals surface area contributed by atoms with Gasteiger partial charge in [-0.15, -0.1) is 5.10 Å². The Hall–Kier alpha value is -3.67. The molecule has 1 saturated heterocycles. The van der Waals surface area contributed by atoms with E-state index < -0.39 is 23.5 Å². The van der Waals surface area contributed by atoms with Crippen molar-refractivity contribution in [3.05, 3.63) is 59.1 Å². The highest BCUT2D eigenvalue weighted by Gasteiger charge is 2.35. The van der Waals surface area contributed by atoms with Crippen LogP contribution < -0.4 is 10.2 Å². The Morgan fingerprint density at radius 2 is 1.97 bits per heavy atom. The first-order valence-corrected chi connectivity index (χ1v) is 10.6. The number of H-pyrrole nitrogens is 1. The first-order valence-electron chi connectivity index (χ1n) is 10.2. The van der Waals surface area contributed by atoms with Crippen LogP contribution >= 0.6 is 11.6 Å². The minimum atomic E-state index is -2.75. The third kappa shape index (κ3) is 4.04. The fourth-order valence-corrected chi connectivity index (χ4v) is 3.92. The van der Waals surface area contributed by atoms with E-state index in [0.717, 1.165) is 10.7 Å². The van der Waals surface area contributed by atoms with E-state index in [0.29, 0.717) is 5.52 Å². The number of benzene rings is 1. The second kappa shape index (κ2) is 8.28. The molecule has 34 heavy (non-hydrogen) atoms. The summed E-state index contributed by atoms with van der Waals surface area (Å²) in [4.78, 5) is 21.0. The van der Waals surface area contributed by atoms with Gasteiger partial charge in [0.25, 0.3) is 11.8 Å². The molecule has 4 heterocycles. The van der Waals surface area contributed by atoms with Crippen molar-refractivity contribution in [3.63, 3.8) is 0 Å². The Bertz CT molecular complexity index is 1390. The molecule has 13 heteroatoms. The van der Waals surface area contributed by atoms with Crippen LogP contribution in [0.4, 0.5) is 29.1 Å². The van der Waals surface area contributed by atoms with Crippen LogP contribution in [0.15, 0.2) is 36.8 Å². The zero-order valence-electron chi connectivity index (χ0n) is 17.3. The maximum atomic E-state index is 14.7. The van der Waals surface area contributed by atoms with Gasteiger partial charge in [0.05, 0.1) is 39.7 Å². The molecule has 0 saturated carbocycles. The summed E-state index contributed by atoms with van der Waals surface area (Å²) in [7, 11) is 0. The second-order valence-electron chi connectivity index (χ2n) is 7.83. The van der Waals surface area contributed by atoms with E-state index in [-0.39, 0.29) is 59.2 Å². The number of nitrogens with zero attached hydrogens (tertiary/aromatic N) is 5. The van der Waals surface area contributed by atoms with Crippen LogP contribution in [-0.4, -0.2) is 49.9 Å². The number of hydrogen-bond acceptors (Lipinski definition) is 5. The minimum Gasteiger partial charge on any atom is -0.359 e. The molecule has 1 amide bonds. The summed E-state index contributed by atoms with van der Waals surface area (Å²) in [6.45, 7) is -0.0207. The second-order valence-corrected chi connectivity index (χ2v) is 8.24. The fraction of sp³-hybridized carbons (Fsp3) is 0.238. The Labute approximate surface area is 194 Å². The summed E-state index contributed by atoms with van der Waals surface area (Å²) in [5, 5.41) is 10.2. The number of nitrogens with one attached hydrogen (secondary N) is 2. The SMILES string of the molecule is O=C(Nc1c[nH]c2ccc(Cl)c(F)c12)c1cn(-c2cnc(N3CCC(F)(F)CC3)c(F)c2)nn1. The number of amides is 1. The molecule has 3 aromatic heterocycles. The van der Waals surface area contributed by atoms with Gasteiger partial charge in [-0.3, -0.25) is 4.79 Å². The standard InChI is InChI=1S/C21H16ClF4N7O/c22-12-1-2-14-17(18(12)24)15(9-27-14)29-20(34)16-10-33(31-30-16)11-7-13(23)19(28-8-11)32-5-3-21(25,26)4-6-32/h1-2,7-10,27H,3-6H2,(H,29,34). The molecule has 1 aliphatic heterocycles. The minimum absolute atomic E-state index is 0.0104. The molecule has 0 bridgehead atoms. The van der Waals surface area contributed by atoms with Gasteiger partial charge < -0.3 is 15.2 Å². The van der Waals surface area contributed by atoms with Crippen molar-refractivity contribution >= 4 is 39.9 Å². The highest BCUT2D eigenvalue weighted by Crippen LogP contribution is 2.32. The molecule has 0 aliphatic carbocycles. The summed E-state index contributed by atoms with van der Waals surface area (Å²) in [5.41, 5.74) is 0.679. The summed E-state index contributed by atoms with van der Waals surface area (Å²) >= 11 is 5.83. The zero-order valence-corrected chi connectivity index (χ0v) is 18.1. The van der Waals surface area contributed by atoms with Crippen molar-refractivity contribution in [1.29, 1.82) is 0 Å². The molecule has 0 unspecified atom stereocenters. The normalized spacial score (nSPS) is 15.6. The number of piperidine rings is 1. The van der Waals surface area contributed by atoms with E-state index in [9.17, 15) is 22.4 Å². The first kappa shape index (κ1) is 22.1. The average molecular weight is 494 g/mol. The molecule has 1 aliphatic rings. The Balaban J connectivity index is 1.34. The Kier molecular flexibility index (Phi) is 5.39. The molecule has 2 N–H and O–H groups in total. The molecule has 4 aromatic rings. The van der Waals surface area contributed by atoms with Crippen molar-refractivity contribution in [2.45, 2.75) is 18.8 Å². The van der Waals surface area contributed by atoms with Crippen molar-refractivity contribution in [2.24, 2.45) is 0 Å². The number of halogens is 5. The van der Waals surface area contributed by atoms with Crippen molar-refractivity contribution in [3.8, 4) is 5.69 Å². The lowest BCUT2D eigenvalue weighted by Gasteiger charge is -2.32. The number of aromatic nitrogens is 5. The van der Waals surface area contributed by atoms with Crippen molar-refractivity contribution < 1.29 is 22.4 Å². The number of fused-ring (bicyclic) bond motifs is 1. The number of carbonyl (C=O) groups is 1. The van der Waals surface area contributed by atoms with Gasteiger partial charge in [0, 0.05) is 38.2 Å². The Morgan fingerprint density at radius 1 is 1.21 bits per heavy atom. The first-order chi connectivity index (χ1) is 16.2. The number of aromatic amines is 1. The van der Waals surface area contributed by atoms with E-state index in [1.165, 1.54) is 29.6 Å². The summed E-state index contributed by atoms with van der Waals surface area (Å²) < 4.78 is 56.9. The van der Waals surface area contributed by atoms with E-state index in [4.69, 9.17) is 11.6 Å². The van der Waals surface area contributed by atoms with Crippen LogP contribution in [0.2, 0.25) is 5.02 Å². The predicted octanol–water partition coefficient (Wildman–Crippen LogP) is 4.56. The maximum Gasteiger partial charge on any atom is 0.277 e. The van der Waals surface area contributed by atoms with Gasteiger partial charge in [0.15, 0.2) is 23.1 Å². The number of hydrogen-bond donors (Lipinski definition) is 2. The van der Waals surface area contributed by atoms with Gasteiger partial charge in [-0.05, 0) is 12.1 Å². The largest absolute Gasteiger partial charge is 0.359 e. The number of rotatable bonds is 4. The monoisotopic (exact) mass is 493 g/mol. The third-order valence-corrected chi connectivity index (χ3v) is 5.87. The van der Waals surface area contributed by atoms with E-state index in [1.54, 1.807) is 6.07 Å². The van der Waals surface area contributed by atoms with E-state index in [2.05, 4.69) is 25.6 Å². The van der Waals surface area contributed by atoms with Crippen molar-refractivity contribution in [1.82, 2.24) is 25.0 Å². The summed E-state index contributed by atoms with van der Waals surface area (Å²) in [6.07, 6.45) is 3.23. The zero-order chi connectivity index (χ0) is 24.0. The van der Waals surface area contributed by atoms with E-state index >= 15 is 0 Å². The molecule has 1 fully saturated rings. The van der Waals surface area contributed by atoms with Gasteiger partial charge in [0.1, 0.15) is 0 Å². The lowest BCUT2D eigenvalue weighted by Crippen LogP contribution is -2.40. The van der Waals surface area contributed by atoms with Crippen LogP contribution in [0.25, 0.3) is 16.6 Å². The van der Waals surface area contributed by atoms with E-state index in [1.807, 2.05) is 0 Å². The van der Waals surface area contributed by atoms with Crippen LogP contribution in [0.3, 0.4) is 0 Å². The molecular formula is C21H16ClF4N7O. The smallest absolute Gasteiger partial charge is 0.277 e. The van der Waals surface area contributed by atoms with Gasteiger partial charge in [-0.25, -0.2) is 27.2 Å². The van der Waals surface area contributed by atoms with Crippen LogP contribution in [0.1, 0.15) is 23.3 Å². The molecule has 0 radical (unpaired) electrons. The number of pyridine rings is 1. The lowest BCUT2D eigenvalue weighted by atomic mass is 10.1. The predicted molar refractivity (Wildman–Crippen MR) is 117 cm³/mol. The fourth-order valence-electron chi connectivity index (χ4n) is 3.76. The Morgan fingerprint density at radius 3 is 2.71 bits per heavy atom. The average Bonchev–Trinajstić information content (AvgIpc) is 3.45. The lowest BCUT2D eigenvalue weighted by molar-refractivity contribution is -0.0222. The number of anilines is 2. The van der Waals surface area contributed by atoms with Gasteiger partial charge >= 0.3 is 0 Å². The molecule has 176 valence electrons. The van der Waals surface area contributed by atoms with Crippen LogP contribution in [-0.2, 0) is 0 Å². The molecule has 1 aromatic carbocycles. The molecule has 8 nitrogen and oxygen atoms in total. The van der Waals surface area contributed by atoms with Gasteiger partial charge in [-0.2, -0.15) is 0 Å². The topological polar surface area (TPSA) is 91.7 Å². The molecule has 0 atom stereocenters. The van der Waals surface area contributed by atoms with Crippen molar-refractivity contribution in [2.75, 3.05) is 23.3 Å². The summed E-state index contributed by atoms with van der Waals surface area (Å²) in [5.74, 6) is -4.85. The summed E-state index contributed by atoms with van der Waals surface area (Å²) in [6, 6.07) is 4.10. The number of alkyl halides is 2. The van der Waals surface area contributed by atoms with Gasteiger partial charge in [-0.1, -0.05) is 16.8 Å².